The van der Waals surface area contributed by atoms with Crippen LogP contribution in [-0.4, -0.2) is 12.1 Å². The van der Waals surface area contributed by atoms with E-state index in [2.05, 4.69) is 47.6 Å². The van der Waals surface area contributed by atoms with Gasteiger partial charge in [-0.3, -0.25) is 4.79 Å². The van der Waals surface area contributed by atoms with Gasteiger partial charge in [-0.25, -0.2) is 0 Å². The van der Waals surface area contributed by atoms with Gasteiger partial charge in [0, 0.05) is 12.8 Å². The average molecular weight is 457 g/mol. The molecule has 3 fully saturated rings. The molecule has 0 aromatic heterocycles. The first kappa shape index (κ1) is 25.3. The summed E-state index contributed by atoms with van der Waals surface area (Å²) in [6.07, 6.45) is 18.8. The van der Waals surface area contributed by atoms with Gasteiger partial charge < -0.3 is 4.74 Å². The summed E-state index contributed by atoms with van der Waals surface area (Å²) in [7, 11) is 0. The van der Waals surface area contributed by atoms with Crippen molar-refractivity contribution in [3.8, 4) is 0 Å². The van der Waals surface area contributed by atoms with Crippen LogP contribution in [0.4, 0.5) is 0 Å². The van der Waals surface area contributed by atoms with Gasteiger partial charge >= 0.3 is 5.97 Å². The summed E-state index contributed by atoms with van der Waals surface area (Å²) >= 11 is 0. The van der Waals surface area contributed by atoms with Crippen molar-refractivity contribution >= 4 is 5.97 Å². The molecule has 0 amide bonds. The first-order valence-corrected chi connectivity index (χ1v) is 14.6. The van der Waals surface area contributed by atoms with E-state index in [1.165, 1.54) is 57.8 Å². The molecule has 0 aromatic carbocycles. The minimum atomic E-state index is 0.00772. The average Bonchev–Trinajstić information content (AvgIpc) is 3.11. The summed E-state index contributed by atoms with van der Waals surface area (Å²) in [4.78, 5) is 12.1. The van der Waals surface area contributed by atoms with Gasteiger partial charge in [0.15, 0.2) is 0 Å². The molecular formula is C31H52O2. The molecule has 8 atom stereocenters. The maximum atomic E-state index is 12.1. The van der Waals surface area contributed by atoms with Crippen LogP contribution in [0.1, 0.15) is 125 Å². The predicted octanol–water partition coefficient (Wildman–Crippen LogP) is 8.74. The fourth-order valence-electron chi connectivity index (χ4n) is 9.20. The van der Waals surface area contributed by atoms with Crippen LogP contribution in [-0.2, 0) is 9.53 Å². The van der Waals surface area contributed by atoms with E-state index in [1.807, 2.05) is 0 Å². The van der Waals surface area contributed by atoms with Crippen LogP contribution in [0.5, 0.6) is 0 Å². The molecule has 0 heterocycles. The van der Waals surface area contributed by atoms with Gasteiger partial charge in [0.05, 0.1) is 0 Å². The van der Waals surface area contributed by atoms with Crippen molar-refractivity contribution in [1.29, 1.82) is 0 Å². The number of hydrogen-bond donors (Lipinski definition) is 0. The van der Waals surface area contributed by atoms with Crippen LogP contribution in [0.15, 0.2) is 11.6 Å². The van der Waals surface area contributed by atoms with Crippen molar-refractivity contribution < 1.29 is 9.53 Å². The summed E-state index contributed by atoms with van der Waals surface area (Å²) in [6.45, 7) is 14.6. The first-order valence-electron chi connectivity index (χ1n) is 14.6. The molecule has 4 aliphatic carbocycles. The van der Waals surface area contributed by atoms with Crippen molar-refractivity contribution in [2.45, 2.75) is 131 Å². The number of rotatable bonds is 8. The second-order valence-electron chi connectivity index (χ2n) is 13.4. The van der Waals surface area contributed by atoms with Gasteiger partial charge in [-0.1, -0.05) is 72.5 Å². The largest absolute Gasteiger partial charge is 0.462 e. The van der Waals surface area contributed by atoms with Gasteiger partial charge in [0.25, 0.3) is 0 Å². The normalized spacial score (nSPS) is 41.1. The summed E-state index contributed by atoms with van der Waals surface area (Å²) in [6, 6.07) is 0. The highest BCUT2D eigenvalue weighted by Crippen LogP contribution is 2.67. The van der Waals surface area contributed by atoms with Crippen LogP contribution < -0.4 is 0 Å². The molecule has 0 unspecified atom stereocenters. The Morgan fingerprint density at radius 3 is 2.58 bits per heavy atom. The van der Waals surface area contributed by atoms with E-state index in [1.54, 1.807) is 5.57 Å². The molecule has 0 aromatic rings. The molecule has 33 heavy (non-hydrogen) atoms. The minimum absolute atomic E-state index is 0.00772. The predicted molar refractivity (Wildman–Crippen MR) is 138 cm³/mol. The molecule has 0 spiro atoms. The zero-order valence-corrected chi connectivity index (χ0v) is 22.6. The van der Waals surface area contributed by atoms with Gasteiger partial charge in [0.2, 0.25) is 0 Å². The lowest BCUT2D eigenvalue weighted by Crippen LogP contribution is -2.51. The second kappa shape index (κ2) is 10.1. The molecule has 2 nitrogen and oxygen atoms in total. The van der Waals surface area contributed by atoms with Gasteiger partial charge in [0.1, 0.15) is 6.10 Å². The van der Waals surface area contributed by atoms with Crippen molar-refractivity contribution in [1.82, 2.24) is 0 Å². The third-order valence-electron chi connectivity index (χ3n) is 11.0. The summed E-state index contributed by atoms with van der Waals surface area (Å²) in [5.74, 6) is 5.31. The lowest BCUT2D eigenvalue weighted by Gasteiger charge is -2.58. The molecule has 0 bridgehead atoms. The molecule has 3 saturated carbocycles. The Morgan fingerprint density at radius 2 is 1.85 bits per heavy atom. The lowest BCUT2D eigenvalue weighted by atomic mass is 9.47. The standard InChI is InChI=1S/C31H52O2/c1-7-9-29(32)33-24-16-18-30(5)23(20-24)12-13-25-27-15-14-26(22(4)11-8-10-21(2)3)31(27,6)19-17-28(25)30/h12,21-22,24-28H,7-11,13-20H2,1-6H3/t22-,24-,25+,26-,27+,28+,30+,31-/m1/s1. The van der Waals surface area contributed by atoms with E-state index in [9.17, 15) is 4.79 Å². The molecule has 0 saturated heterocycles. The van der Waals surface area contributed by atoms with Crippen molar-refractivity contribution in [2.75, 3.05) is 0 Å². The Bertz CT molecular complexity index is 722. The fraction of sp³-hybridized carbons (Fsp3) is 0.903. The Balaban J connectivity index is 1.43. The molecule has 0 aliphatic heterocycles. The molecule has 188 valence electrons. The quantitative estimate of drug-likeness (QED) is 0.269. The van der Waals surface area contributed by atoms with Crippen LogP contribution in [0.3, 0.4) is 0 Å². The number of fused-ring (bicyclic) bond motifs is 5. The molecule has 4 rings (SSSR count). The second-order valence-corrected chi connectivity index (χ2v) is 13.4. The third-order valence-corrected chi connectivity index (χ3v) is 11.0. The van der Waals surface area contributed by atoms with E-state index in [-0.39, 0.29) is 12.1 Å². The van der Waals surface area contributed by atoms with Crippen LogP contribution >= 0.6 is 0 Å². The number of hydrogen-bond acceptors (Lipinski definition) is 2. The molecular weight excluding hydrogens is 404 g/mol. The zero-order chi connectivity index (χ0) is 23.8. The Hall–Kier alpha value is -0.790. The SMILES string of the molecule is CCCC(=O)O[C@@H]1CC[C@@]2(C)C(=CC[C@H]3[C@@H]4CC[C@H]([C@H](C)CCCC(C)C)[C@@]4(C)CC[C@@H]32)C1. The fourth-order valence-corrected chi connectivity index (χ4v) is 9.20. The first-order chi connectivity index (χ1) is 15.7. The van der Waals surface area contributed by atoms with Crippen molar-refractivity contribution in [3.05, 3.63) is 11.6 Å². The highest BCUT2D eigenvalue weighted by Gasteiger charge is 2.59. The summed E-state index contributed by atoms with van der Waals surface area (Å²) in [5, 5.41) is 0. The maximum absolute atomic E-state index is 12.1. The van der Waals surface area contributed by atoms with Crippen molar-refractivity contribution in [2.24, 2.45) is 46.3 Å². The van der Waals surface area contributed by atoms with E-state index < -0.39 is 0 Å². The smallest absolute Gasteiger partial charge is 0.306 e. The Labute approximate surface area is 204 Å². The van der Waals surface area contributed by atoms with Gasteiger partial charge in [-0.2, -0.15) is 0 Å². The van der Waals surface area contributed by atoms with Gasteiger partial charge in [-0.15, -0.1) is 0 Å². The van der Waals surface area contributed by atoms with Crippen LogP contribution in [0.25, 0.3) is 0 Å². The molecule has 4 aliphatic rings. The molecule has 2 heteroatoms. The number of esters is 1. The van der Waals surface area contributed by atoms with E-state index >= 15 is 0 Å². The summed E-state index contributed by atoms with van der Waals surface area (Å²) < 4.78 is 5.85. The Morgan fingerprint density at radius 1 is 1.06 bits per heavy atom. The zero-order valence-electron chi connectivity index (χ0n) is 22.6. The lowest BCUT2D eigenvalue weighted by molar-refractivity contribution is -0.151. The number of allylic oxidation sites excluding steroid dienone is 1. The molecule has 0 N–H and O–H groups in total. The Kier molecular flexibility index (Phi) is 7.72. The topological polar surface area (TPSA) is 26.3 Å². The van der Waals surface area contributed by atoms with E-state index in [4.69, 9.17) is 4.74 Å². The van der Waals surface area contributed by atoms with Crippen LogP contribution in [0.2, 0.25) is 0 Å². The number of carbonyl (C=O) groups excluding carboxylic acids is 1. The van der Waals surface area contributed by atoms with Gasteiger partial charge in [-0.05, 0) is 97.7 Å². The monoisotopic (exact) mass is 456 g/mol. The van der Waals surface area contributed by atoms with E-state index in [0.29, 0.717) is 17.3 Å². The highest BCUT2D eigenvalue weighted by molar-refractivity contribution is 5.69. The minimum Gasteiger partial charge on any atom is -0.462 e. The third kappa shape index (κ3) is 4.84. The maximum Gasteiger partial charge on any atom is 0.306 e. The number of carbonyl (C=O) groups is 1. The molecule has 0 radical (unpaired) electrons. The number of ether oxygens (including phenoxy) is 1. The van der Waals surface area contributed by atoms with Crippen molar-refractivity contribution in [3.63, 3.8) is 0 Å². The summed E-state index contributed by atoms with van der Waals surface area (Å²) in [5.41, 5.74) is 2.54. The van der Waals surface area contributed by atoms with E-state index in [0.717, 1.165) is 54.8 Å². The van der Waals surface area contributed by atoms with Crippen LogP contribution in [0, 0.1) is 46.3 Å². The highest BCUT2D eigenvalue weighted by atomic mass is 16.5.